The van der Waals surface area contributed by atoms with Crippen LogP contribution in [0.4, 0.5) is 16.3 Å². The lowest BCUT2D eigenvalue weighted by atomic mass is 10.2. The molecule has 0 radical (unpaired) electrons. The standard InChI is InChI=1S/C23H17ClN6O2S/c24-16-7-4-8-17(10-16)26-19-11-20(33-13-14-5-2-1-3-6-14)30-21(28-19)15(12-25-30)9-18-22(31)29-23(32)27-18/h1-12H,13H2,(H,26,28)(H2,27,29,31,32). The average Bonchev–Trinajstić information content (AvgIpc) is 3.35. The van der Waals surface area contributed by atoms with E-state index >= 15 is 0 Å². The first kappa shape index (κ1) is 21.0. The highest BCUT2D eigenvalue weighted by Gasteiger charge is 2.23. The highest BCUT2D eigenvalue weighted by Crippen LogP contribution is 2.29. The molecule has 3 amide bonds. The van der Waals surface area contributed by atoms with Crippen molar-refractivity contribution in [1.82, 2.24) is 25.2 Å². The van der Waals surface area contributed by atoms with Gasteiger partial charge in [0.2, 0.25) is 0 Å². The van der Waals surface area contributed by atoms with Crippen molar-refractivity contribution >= 4 is 58.5 Å². The molecule has 0 bridgehead atoms. The van der Waals surface area contributed by atoms with E-state index in [0.29, 0.717) is 22.1 Å². The molecule has 2 aromatic carbocycles. The van der Waals surface area contributed by atoms with Crippen LogP contribution < -0.4 is 16.0 Å². The fraction of sp³-hybridized carbons (Fsp3) is 0.0435. The number of hydrogen-bond donors (Lipinski definition) is 3. The Balaban J connectivity index is 1.55. The van der Waals surface area contributed by atoms with E-state index in [4.69, 9.17) is 16.6 Å². The summed E-state index contributed by atoms with van der Waals surface area (Å²) in [5.41, 5.74) is 3.25. The minimum absolute atomic E-state index is 0.142. The SMILES string of the molecule is O=C1NC(=O)C(=Cc2cnn3c(SCc4ccccc4)cc(Nc4cccc(Cl)c4)nc23)N1. The maximum Gasteiger partial charge on any atom is 0.326 e. The van der Waals surface area contributed by atoms with Gasteiger partial charge in [0.1, 0.15) is 16.5 Å². The Kier molecular flexibility index (Phi) is 5.72. The molecule has 0 unspecified atom stereocenters. The lowest BCUT2D eigenvalue weighted by Gasteiger charge is -2.10. The van der Waals surface area contributed by atoms with E-state index < -0.39 is 11.9 Å². The van der Waals surface area contributed by atoms with Gasteiger partial charge in [0, 0.05) is 28.1 Å². The van der Waals surface area contributed by atoms with Gasteiger partial charge in [-0.25, -0.2) is 14.3 Å². The van der Waals surface area contributed by atoms with Crippen molar-refractivity contribution < 1.29 is 9.59 Å². The van der Waals surface area contributed by atoms with Crippen LogP contribution in [0.15, 0.2) is 77.6 Å². The van der Waals surface area contributed by atoms with Crippen molar-refractivity contribution in [3.05, 3.63) is 88.7 Å². The maximum atomic E-state index is 12.0. The fourth-order valence-electron chi connectivity index (χ4n) is 3.30. The Hall–Kier alpha value is -3.82. The Morgan fingerprint density at radius 3 is 2.67 bits per heavy atom. The number of hydrogen-bond acceptors (Lipinski definition) is 6. The van der Waals surface area contributed by atoms with E-state index in [9.17, 15) is 9.59 Å². The van der Waals surface area contributed by atoms with Crippen molar-refractivity contribution in [2.75, 3.05) is 5.32 Å². The number of halogens is 1. The summed E-state index contributed by atoms with van der Waals surface area (Å²) < 4.78 is 1.72. The Morgan fingerprint density at radius 2 is 1.91 bits per heavy atom. The largest absolute Gasteiger partial charge is 0.340 e. The molecule has 8 nitrogen and oxygen atoms in total. The number of nitrogens with one attached hydrogen (secondary N) is 3. The third-order valence-electron chi connectivity index (χ3n) is 4.81. The molecule has 164 valence electrons. The Bertz CT molecular complexity index is 1400. The summed E-state index contributed by atoms with van der Waals surface area (Å²) in [5, 5.41) is 13.9. The fourth-order valence-corrected chi connectivity index (χ4v) is 4.45. The van der Waals surface area contributed by atoms with Gasteiger partial charge in [-0.2, -0.15) is 5.10 Å². The zero-order valence-electron chi connectivity index (χ0n) is 17.1. The van der Waals surface area contributed by atoms with Crippen molar-refractivity contribution in [1.29, 1.82) is 0 Å². The van der Waals surface area contributed by atoms with Crippen LogP contribution in [0.1, 0.15) is 11.1 Å². The summed E-state index contributed by atoms with van der Waals surface area (Å²) >= 11 is 7.74. The molecular weight excluding hydrogens is 460 g/mol. The lowest BCUT2D eigenvalue weighted by Crippen LogP contribution is -2.22. The van der Waals surface area contributed by atoms with Gasteiger partial charge in [-0.1, -0.05) is 48.0 Å². The van der Waals surface area contributed by atoms with Crippen molar-refractivity contribution in [2.45, 2.75) is 10.8 Å². The van der Waals surface area contributed by atoms with Crippen LogP contribution in [0.3, 0.4) is 0 Å². The average molecular weight is 477 g/mol. The quantitative estimate of drug-likeness (QED) is 0.163. The third-order valence-corrected chi connectivity index (χ3v) is 6.11. The molecule has 2 aromatic heterocycles. The van der Waals surface area contributed by atoms with E-state index in [1.54, 1.807) is 34.6 Å². The molecule has 3 heterocycles. The normalized spacial score (nSPS) is 14.5. The predicted molar refractivity (Wildman–Crippen MR) is 128 cm³/mol. The second kappa shape index (κ2) is 8.97. The number of nitrogens with zero attached hydrogens (tertiary/aromatic N) is 3. The van der Waals surface area contributed by atoms with Gasteiger partial charge in [-0.05, 0) is 29.8 Å². The highest BCUT2D eigenvalue weighted by atomic mass is 35.5. The number of anilines is 2. The summed E-state index contributed by atoms with van der Waals surface area (Å²) in [6.07, 6.45) is 3.17. The highest BCUT2D eigenvalue weighted by molar-refractivity contribution is 7.98. The number of amides is 3. The first-order valence-electron chi connectivity index (χ1n) is 9.97. The minimum atomic E-state index is -0.557. The molecule has 0 atom stereocenters. The maximum absolute atomic E-state index is 12.0. The van der Waals surface area contributed by atoms with Crippen molar-refractivity contribution in [3.63, 3.8) is 0 Å². The molecule has 5 rings (SSSR count). The number of imide groups is 1. The molecule has 0 aliphatic carbocycles. The summed E-state index contributed by atoms with van der Waals surface area (Å²) in [6.45, 7) is 0. The van der Waals surface area contributed by atoms with Gasteiger partial charge < -0.3 is 10.6 Å². The van der Waals surface area contributed by atoms with E-state index in [-0.39, 0.29) is 5.70 Å². The monoisotopic (exact) mass is 476 g/mol. The van der Waals surface area contributed by atoms with Crippen LogP contribution in [0.5, 0.6) is 0 Å². The number of carbonyl (C=O) groups is 2. The predicted octanol–water partition coefficient (Wildman–Crippen LogP) is 4.60. The van der Waals surface area contributed by atoms with Crippen molar-refractivity contribution in [3.8, 4) is 0 Å². The molecule has 3 N–H and O–H groups in total. The number of urea groups is 1. The van der Waals surface area contributed by atoms with Gasteiger partial charge >= 0.3 is 6.03 Å². The van der Waals surface area contributed by atoms with Crippen LogP contribution in [0.25, 0.3) is 11.7 Å². The lowest BCUT2D eigenvalue weighted by molar-refractivity contribution is -0.115. The van der Waals surface area contributed by atoms with Gasteiger partial charge in [0.15, 0.2) is 5.65 Å². The van der Waals surface area contributed by atoms with Gasteiger partial charge in [0.25, 0.3) is 5.91 Å². The Morgan fingerprint density at radius 1 is 1.06 bits per heavy atom. The summed E-state index contributed by atoms with van der Waals surface area (Å²) in [4.78, 5) is 28.2. The summed E-state index contributed by atoms with van der Waals surface area (Å²) in [7, 11) is 0. The van der Waals surface area contributed by atoms with Gasteiger partial charge in [-0.3, -0.25) is 10.1 Å². The molecule has 1 saturated heterocycles. The first-order chi connectivity index (χ1) is 16.0. The number of fused-ring (bicyclic) bond motifs is 1. The number of rotatable bonds is 6. The molecule has 1 fully saturated rings. The summed E-state index contributed by atoms with van der Waals surface area (Å²) in [5.74, 6) is 0.845. The third kappa shape index (κ3) is 4.69. The van der Waals surface area contributed by atoms with Crippen molar-refractivity contribution in [2.24, 2.45) is 0 Å². The second-order valence-electron chi connectivity index (χ2n) is 7.19. The van der Waals surface area contributed by atoms with Gasteiger partial charge in [0.05, 0.1) is 6.20 Å². The van der Waals surface area contributed by atoms with E-state index in [1.807, 2.05) is 42.5 Å². The molecule has 1 aliphatic rings. The molecular formula is C23H17ClN6O2S. The number of aromatic nitrogens is 3. The summed E-state index contributed by atoms with van der Waals surface area (Å²) in [6, 6.07) is 18.8. The van der Waals surface area contributed by atoms with Gasteiger partial charge in [-0.15, -0.1) is 11.8 Å². The molecule has 10 heteroatoms. The minimum Gasteiger partial charge on any atom is -0.340 e. The van der Waals surface area contributed by atoms with Crippen LogP contribution in [-0.2, 0) is 10.5 Å². The molecule has 1 aliphatic heterocycles. The van der Waals surface area contributed by atoms with Crippen LogP contribution in [0, 0.1) is 0 Å². The molecule has 4 aromatic rings. The van der Waals surface area contributed by atoms with Crippen LogP contribution in [-0.4, -0.2) is 26.5 Å². The van der Waals surface area contributed by atoms with E-state index in [0.717, 1.165) is 16.5 Å². The Labute approximate surface area is 198 Å². The first-order valence-corrected chi connectivity index (χ1v) is 11.3. The zero-order chi connectivity index (χ0) is 22.8. The number of thioether (sulfide) groups is 1. The smallest absolute Gasteiger partial charge is 0.326 e. The molecule has 0 spiro atoms. The molecule has 0 saturated carbocycles. The second-order valence-corrected chi connectivity index (χ2v) is 8.62. The van der Waals surface area contributed by atoms with Crippen LogP contribution in [0.2, 0.25) is 5.02 Å². The van der Waals surface area contributed by atoms with E-state index in [2.05, 4.69) is 33.2 Å². The molecule has 33 heavy (non-hydrogen) atoms. The number of benzene rings is 2. The topological polar surface area (TPSA) is 100 Å². The van der Waals surface area contributed by atoms with Crippen LogP contribution >= 0.6 is 23.4 Å². The number of carbonyl (C=O) groups excluding carboxylic acids is 2. The zero-order valence-corrected chi connectivity index (χ0v) is 18.7. The van der Waals surface area contributed by atoms with E-state index in [1.165, 1.54) is 5.56 Å².